The summed E-state index contributed by atoms with van der Waals surface area (Å²) in [5, 5.41) is 13.2. The van der Waals surface area contributed by atoms with Gasteiger partial charge in [0.15, 0.2) is 5.69 Å². The Labute approximate surface area is 205 Å². The fraction of sp³-hybridized carbons (Fsp3) is 0.280. The van der Waals surface area contributed by atoms with Crippen LogP contribution in [0.3, 0.4) is 0 Å². The molecule has 4 heterocycles. The molecule has 3 aromatic rings. The molecule has 2 aromatic carbocycles. The van der Waals surface area contributed by atoms with Gasteiger partial charge in [-0.2, -0.15) is 0 Å². The summed E-state index contributed by atoms with van der Waals surface area (Å²) >= 11 is 0. The van der Waals surface area contributed by atoms with Crippen molar-refractivity contribution in [1.82, 2.24) is 30.5 Å². The zero-order valence-corrected chi connectivity index (χ0v) is 19.2. The molecule has 3 aliphatic rings. The first-order valence-corrected chi connectivity index (χ1v) is 11.7. The van der Waals surface area contributed by atoms with E-state index in [1.165, 1.54) is 15.8 Å². The molecule has 3 aliphatic heterocycles. The Hall–Kier alpha value is -4.54. The predicted octanol–water partition coefficient (Wildman–Crippen LogP) is 0.893. The first-order chi connectivity index (χ1) is 17.5. The van der Waals surface area contributed by atoms with Crippen LogP contribution in [0.25, 0.3) is 5.69 Å². The van der Waals surface area contributed by atoms with E-state index in [1.54, 1.807) is 18.2 Å². The van der Waals surface area contributed by atoms with Gasteiger partial charge in [0.1, 0.15) is 11.8 Å². The van der Waals surface area contributed by atoms with Crippen LogP contribution in [-0.2, 0) is 29.1 Å². The highest BCUT2D eigenvalue weighted by Gasteiger charge is 2.39. The van der Waals surface area contributed by atoms with Gasteiger partial charge in [0.25, 0.3) is 11.8 Å². The van der Waals surface area contributed by atoms with E-state index in [2.05, 4.69) is 20.9 Å². The Balaban J connectivity index is 1.15. The van der Waals surface area contributed by atoms with Gasteiger partial charge in [0.05, 0.1) is 18.5 Å². The highest BCUT2D eigenvalue weighted by atomic mass is 16.5. The molecule has 2 N–H and O–H groups in total. The standard InChI is InChI=1S/C25H22N6O5/c32-21-7-6-20(24(34)27-21)30-12-16-10-17(4-5-18(16)25(30)35)31-13-19(28-29-31)23(33)26-11-15-3-1-2-14-8-9-36-22(14)15/h1-5,10,13,20H,6-9,11-12H2,(H,26,33)(H,27,32,34). The molecular weight excluding hydrogens is 464 g/mol. The summed E-state index contributed by atoms with van der Waals surface area (Å²) in [5.41, 5.74) is 4.08. The zero-order chi connectivity index (χ0) is 24.8. The molecule has 4 amide bonds. The van der Waals surface area contributed by atoms with E-state index in [0.29, 0.717) is 30.8 Å². The van der Waals surface area contributed by atoms with Crippen molar-refractivity contribution in [2.75, 3.05) is 6.61 Å². The van der Waals surface area contributed by atoms with Crippen molar-refractivity contribution in [2.24, 2.45) is 0 Å². The largest absolute Gasteiger partial charge is 0.493 e. The molecule has 0 bridgehead atoms. The van der Waals surface area contributed by atoms with Crippen molar-refractivity contribution in [3.05, 3.63) is 70.5 Å². The van der Waals surface area contributed by atoms with Crippen molar-refractivity contribution in [2.45, 2.75) is 38.4 Å². The number of fused-ring (bicyclic) bond motifs is 2. The van der Waals surface area contributed by atoms with Crippen molar-refractivity contribution >= 4 is 23.6 Å². The van der Waals surface area contributed by atoms with Crippen LogP contribution in [0.1, 0.15) is 50.4 Å². The molecular formula is C25H22N6O5. The molecule has 1 fully saturated rings. The number of para-hydroxylation sites is 1. The van der Waals surface area contributed by atoms with Crippen LogP contribution >= 0.6 is 0 Å². The summed E-state index contributed by atoms with van der Waals surface area (Å²) in [5.74, 6) is -0.555. The minimum Gasteiger partial charge on any atom is -0.493 e. The van der Waals surface area contributed by atoms with Crippen molar-refractivity contribution < 1.29 is 23.9 Å². The van der Waals surface area contributed by atoms with Gasteiger partial charge in [-0.05, 0) is 35.7 Å². The number of rotatable bonds is 5. The third-order valence-corrected chi connectivity index (χ3v) is 6.73. The molecule has 0 saturated carbocycles. The fourth-order valence-corrected chi connectivity index (χ4v) is 4.89. The van der Waals surface area contributed by atoms with Crippen molar-refractivity contribution in [3.63, 3.8) is 0 Å². The molecule has 1 unspecified atom stereocenters. The molecule has 36 heavy (non-hydrogen) atoms. The second-order valence-electron chi connectivity index (χ2n) is 8.98. The van der Waals surface area contributed by atoms with E-state index in [4.69, 9.17) is 4.74 Å². The number of ether oxygens (including phenoxy) is 1. The molecule has 1 saturated heterocycles. The van der Waals surface area contributed by atoms with Crippen LogP contribution in [0.15, 0.2) is 42.6 Å². The SMILES string of the molecule is O=C1CCC(N2Cc3cc(-n4cc(C(=O)NCc5cccc6c5OCC6)nn4)ccc3C2=O)C(=O)N1. The number of nitrogens with zero attached hydrogens (tertiary/aromatic N) is 4. The number of nitrogens with one attached hydrogen (secondary N) is 2. The van der Waals surface area contributed by atoms with Crippen LogP contribution in [0.5, 0.6) is 5.75 Å². The van der Waals surface area contributed by atoms with Crippen LogP contribution in [0, 0.1) is 0 Å². The van der Waals surface area contributed by atoms with E-state index < -0.39 is 11.9 Å². The summed E-state index contributed by atoms with van der Waals surface area (Å²) in [4.78, 5) is 50.8. The molecule has 1 aromatic heterocycles. The number of amides is 4. The third-order valence-electron chi connectivity index (χ3n) is 6.73. The van der Waals surface area contributed by atoms with E-state index in [9.17, 15) is 19.2 Å². The summed E-state index contributed by atoms with van der Waals surface area (Å²) in [7, 11) is 0. The van der Waals surface area contributed by atoms with Gasteiger partial charge >= 0.3 is 0 Å². The summed E-state index contributed by atoms with van der Waals surface area (Å²) in [6.07, 6.45) is 2.89. The Morgan fingerprint density at radius 3 is 2.89 bits per heavy atom. The normalized spacial score (nSPS) is 18.5. The lowest BCUT2D eigenvalue weighted by atomic mass is 10.0. The first-order valence-electron chi connectivity index (χ1n) is 11.7. The topological polar surface area (TPSA) is 136 Å². The maximum atomic E-state index is 12.9. The average molecular weight is 486 g/mol. The van der Waals surface area contributed by atoms with Crippen LogP contribution < -0.4 is 15.4 Å². The van der Waals surface area contributed by atoms with Gasteiger partial charge in [-0.1, -0.05) is 23.4 Å². The molecule has 182 valence electrons. The van der Waals surface area contributed by atoms with E-state index in [-0.39, 0.29) is 36.4 Å². The van der Waals surface area contributed by atoms with Gasteiger partial charge in [-0.25, -0.2) is 4.68 Å². The molecule has 11 heteroatoms. The second kappa shape index (κ2) is 8.59. The number of piperidine rings is 1. The lowest BCUT2D eigenvalue weighted by molar-refractivity contribution is -0.136. The van der Waals surface area contributed by atoms with Crippen molar-refractivity contribution in [1.29, 1.82) is 0 Å². The number of aromatic nitrogens is 3. The van der Waals surface area contributed by atoms with Gasteiger partial charge in [0.2, 0.25) is 11.8 Å². The van der Waals surface area contributed by atoms with Gasteiger partial charge in [0, 0.05) is 37.1 Å². The van der Waals surface area contributed by atoms with Crippen molar-refractivity contribution in [3.8, 4) is 11.4 Å². The fourth-order valence-electron chi connectivity index (χ4n) is 4.89. The number of carbonyl (C=O) groups excluding carboxylic acids is 4. The molecule has 0 aliphatic carbocycles. The second-order valence-corrected chi connectivity index (χ2v) is 8.98. The van der Waals surface area contributed by atoms with Crippen LogP contribution in [0.2, 0.25) is 0 Å². The smallest absolute Gasteiger partial charge is 0.273 e. The Kier molecular flexibility index (Phi) is 5.24. The van der Waals surface area contributed by atoms with Gasteiger partial charge in [-0.15, -0.1) is 5.10 Å². The van der Waals surface area contributed by atoms with Gasteiger partial charge < -0.3 is 15.0 Å². The quantitative estimate of drug-likeness (QED) is 0.512. The molecule has 1 atom stereocenters. The Morgan fingerprint density at radius 2 is 2.03 bits per heavy atom. The van der Waals surface area contributed by atoms with E-state index >= 15 is 0 Å². The minimum absolute atomic E-state index is 0.158. The maximum Gasteiger partial charge on any atom is 0.273 e. The number of hydrogen-bond acceptors (Lipinski definition) is 7. The monoisotopic (exact) mass is 486 g/mol. The highest BCUT2D eigenvalue weighted by Crippen LogP contribution is 2.30. The number of imide groups is 1. The van der Waals surface area contributed by atoms with E-state index in [1.807, 2.05) is 18.2 Å². The minimum atomic E-state index is -0.677. The van der Waals surface area contributed by atoms with Crippen LogP contribution in [-0.4, -0.2) is 56.2 Å². The Morgan fingerprint density at radius 1 is 1.14 bits per heavy atom. The van der Waals surface area contributed by atoms with Gasteiger partial charge in [-0.3, -0.25) is 24.5 Å². The summed E-state index contributed by atoms with van der Waals surface area (Å²) in [6.45, 7) is 1.21. The number of carbonyl (C=O) groups is 4. The third kappa shape index (κ3) is 3.78. The lowest BCUT2D eigenvalue weighted by Gasteiger charge is -2.29. The highest BCUT2D eigenvalue weighted by molar-refractivity contribution is 6.05. The van der Waals surface area contributed by atoms with Crippen LogP contribution in [0.4, 0.5) is 0 Å². The first kappa shape index (κ1) is 22.0. The molecule has 11 nitrogen and oxygen atoms in total. The maximum absolute atomic E-state index is 12.9. The molecule has 0 spiro atoms. The average Bonchev–Trinajstić information content (AvgIpc) is 3.62. The molecule has 0 radical (unpaired) electrons. The Bertz CT molecular complexity index is 1430. The van der Waals surface area contributed by atoms with E-state index in [0.717, 1.165) is 28.9 Å². The zero-order valence-electron chi connectivity index (χ0n) is 19.2. The lowest BCUT2D eigenvalue weighted by Crippen LogP contribution is -2.52. The predicted molar refractivity (Wildman–Crippen MR) is 124 cm³/mol. The summed E-state index contributed by atoms with van der Waals surface area (Å²) < 4.78 is 7.15. The number of hydrogen-bond donors (Lipinski definition) is 2. The summed E-state index contributed by atoms with van der Waals surface area (Å²) in [6, 6.07) is 10.4. The molecule has 6 rings (SSSR count). The number of benzene rings is 2.